The number of hydrogen-bond donors (Lipinski definition) is 3. The number of guanidine groups is 1. The van der Waals surface area contributed by atoms with Gasteiger partial charge in [0, 0.05) is 13.1 Å². The summed E-state index contributed by atoms with van der Waals surface area (Å²) in [4.78, 5) is 4.56. The highest BCUT2D eigenvalue weighted by Gasteiger charge is 2.41. The van der Waals surface area contributed by atoms with Gasteiger partial charge in [-0.3, -0.25) is 0 Å². The van der Waals surface area contributed by atoms with Gasteiger partial charge in [0.1, 0.15) is 11.4 Å². The Labute approximate surface area is 161 Å². The van der Waals surface area contributed by atoms with Crippen LogP contribution in [-0.4, -0.2) is 30.7 Å². The highest BCUT2D eigenvalue weighted by Crippen LogP contribution is 2.48. The van der Waals surface area contributed by atoms with Gasteiger partial charge in [0.25, 0.3) is 0 Å². The Balaban J connectivity index is 0.00000208. The fourth-order valence-electron chi connectivity index (χ4n) is 3.22. The monoisotopic (exact) mass is 447 g/mol. The molecule has 2 aliphatic rings. The summed E-state index contributed by atoms with van der Waals surface area (Å²) in [5.41, 5.74) is -1.09. The minimum absolute atomic E-state index is 0. The molecule has 3 rings (SSSR count). The number of aliphatic imine (C=N–C) groups is 1. The lowest BCUT2D eigenvalue weighted by Crippen LogP contribution is -2.41. The molecule has 2 aliphatic carbocycles. The molecule has 0 saturated heterocycles. The van der Waals surface area contributed by atoms with Crippen LogP contribution in [0.1, 0.15) is 45.3 Å². The quantitative estimate of drug-likeness (QED) is 0.326. The van der Waals surface area contributed by atoms with E-state index in [0.29, 0.717) is 5.76 Å². The topological polar surface area (TPSA) is 69.8 Å². The molecular formula is C18H30IN3O2. The molecule has 0 bridgehead atoms. The molecule has 0 aromatic carbocycles. The summed E-state index contributed by atoms with van der Waals surface area (Å²) in [6, 6.07) is 3.57. The van der Waals surface area contributed by atoms with Gasteiger partial charge in [0.15, 0.2) is 5.96 Å². The van der Waals surface area contributed by atoms with Crippen molar-refractivity contribution in [3.05, 3.63) is 24.2 Å². The van der Waals surface area contributed by atoms with Gasteiger partial charge in [-0.05, 0) is 69.4 Å². The van der Waals surface area contributed by atoms with Crippen LogP contribution >= 0.6 is 24.0 Å². The molecule has 5 nitrogen and oxygen atoms in total. The first-order valence-corrected chi connectivity index (χ1v) is 8.88. The fraction of sp³-hybridized carbons (Fsp3) is 0.722. The van der Waals surface area contributed by atoms with Crippen LogP contribution in [0.2, 0.25) is 0 Å². The van der Waals surface area contributed by atoms with E-state index in [1.165, 1.54) is 25.7 Å². The molecule has 2 fully saturated rings. The summed E-state index contributed by atoms with van der Waals surface area (Å²) in [6.45, 7) is 5.86. The van der Waals surface area contributed by atoms with Crippen molar-refractivity contribution in [2.24, 2.45) is 22.7 Å². The number of nitrogens with zero attached hydrogens (tertiary/aromatic N) is 1. The molecule has 6 heteroatoms. The highest BCUT2D eigenvalue weighted by molar-refractivity contribution is 14.0. The zero-order valence-electron chi connectivity index (χ0n) is 14.6. The van der Waals surface area contributed by atoms with Gasteiger partial charge in [-0.15, -0.1) is 24.0 Å². The van der Waals surface area contributed by atoms with E-state index in [4.69, 9.17) is 4.42 Å². The SMILES string of the molecule is CCNC(=NCC(C)(O)c1ccco1)NCC(C1CC1)C1CC1.I. The average molecular weight is 447 g/mol. The number of furan rings is 1. The van der Waals surface area contributed by atoms with Gasteiger partial charge in [-0.25, -0.2) is 4.99 Å². The summed E-state index contributed by atoms with van der Waals surface area (Å²) >= 11 is 0. The summed E-state index contributed by atoms with van der Waals surface area (Å²) < 4.78 is 5.31. The third-order valence-electron chi connectivity index (χ3n) is 4.90. The molecule has 0 radical (unpaired) electrons. The molecule has 0 aliphatic heterocycles. The normalized spacial score (nSPS) is 20.4. The summed E-state index contributed by atoms with van der Waals surface area (Å²) in [5, 5.41) is 17.3. The summed E-state index contributed by atoms with van der Waals surface area (Å²) in [5.74, 6) is 3.97. The fourth-order valence-corrected chi connectivity index (χ4v) is 3.22. The van der Waals surface area contributed by atoms with E-state index >= 15 is 0 Å². The molecular weight excluding hydrogens is 417 g/mol. The van der Waals surface area contributed by atoms with Crippen LogP contribution < -0.4 is 10.6 Å². The van der Waals surface area contributed by atoms with Crippen molar-refractivity contribution in [3.8, 4) is 0 Å². The van der Waals surface area contributed by atoms with Crippen molar-refractivity contribution in [1.82, 2.24) is 10.6 Å². The Morgan fingerprint density at radius 1 is 1.33 bits per heavy atom. The van der Waals surface area contributed by atoms with Crippen LogP contribution in [0, 0.1) is 17.8 Å². The minimum atomic E-state index is -1.09. The third-order valence-corrected chi connectivity index (χ3v) is 4.90. The van der Waals surface area contributed by atoms with Crippen LogP contribution in [0.3, 0.4) is 0 Å². The van der Waals surface area contributed by atoms with Crippen molar-refractivity contribution < 1.29 is 9.52 Å². The van der Waals surface area contributed by atoms with Crippen LogP contribution in [0.15, 0.2) is 27.8 Å². The van der Waals surface area contributed by atoms with E-state index in [1.54, 1.807) is 25.3 Å². The molecule has 136 valence electrons. The molecule has 1 atom stereocenters. The van der Waals surface area contributed by atoms with Gasteiger partial charge in [0.2, 0.25) is 0 Å². The first kappa shape index (κ1) is 19.6. The molecule has 1 aromatic rings. The van der Waals surface area contributed by atoms with Crippen molar-refractivity contribution in [3.63, 3.8) is 0 Å². The smallest absolute Gasteiger partial charge is 0.191 e. The number of halogens is 1. The van der Waals surface area contributed by atoms with E-state index < -0.39 is 5.60 Å². The second-order valence-electron chi connectivity index (χ2n) is 7.17. The second-order valence-corrected chi connectivity index (χ2v) is 7.17. The first-order valence-electron chi connectivity index (χ1n) is 8.88. The number of hydrogen-bond acceptors (Lipinski definition) is 3. The molecule has 1 unspecified atom stereocenters. The summed E-state index contributed by atoms with van der Waals surface area (Å²) in [7, 11) is 0. The zero-order chi connectivity index (χ0) is 16.3. The average Bonchev–Trinajstić information content (AvgIpc) is 3.46. The van der Waals surface area contributed by atoms with E-state index in [1.807, 2.05) is 0 Å². The Morgan fingerprint density at radius 2 is 2.00 bits per heavy atom. The lowest BCUT2D eigenvalue weighted by molar-refractivity contribution is 0.0437. The largest absolute Gasteiger partial charge is 0.466 e. The highest BCUT2D eigenvalue weighted by atomic mass is 127. The van der Waals surface area contributed by atoms with E-state index in [2.05, 4.69) is 22.5 Å². The van der Waals surface area contributed by atoms with Crippen LogP contribution in [0.4, 0.5) is 0 Å². The maximum absolute atomic E-state index is 10.5. The standard InChI is InChI=1S/C18H29N3O2.HI/c1-3-19-17(20-11-15(13-6-7-13)14-8-9-14)21-12-18(2,22)16-5-4-10-23-16;/h4-5,10,13-15,22H,3,6-9,11-12H2,1-2H3,(H2,19,20,21);1H. The van der Waals surface area contributed by atoms with Crippen LogP contribution in [0.25, 0.3) is 0 Å². The zero-order valence-corrected chi connectivity index (χ0v) is 17.0. The van der Waals surface area contributed by atoms with Gasteiger partial charge >= 0.3 is 0 Å². The van der Waals surface area contributed by atoms with Crippen LogP contribution in [0.5, 0.6) is 0 Å². The molecule has 1 aromatic heterocycles. The van der Waals surface area contributed by atoms with E-state index in [9.17, 15) is 5.11 Å². The van der Waals surface area contributed by atoms with Crippen molar-refractivity contribution in [2.45, 2.75) is 45.1 Å². The number of aliphatic hydroxyl groups is 1. The minimum Gasteiger partial charge on any atom is -0.466 e. The maximum atomic E-state index is 10.5. The van der Waals surface area contributed by atoms with Crippen molar-refractivity contribution >= 4 is 29.9 Å². The molecule has 1 heterocycles. The lowest BCUT2D eigenvalue weighted by Gasteiger charge is -2.21. The van der Waals surface area contributed by atoms with Crippen molar-refractivity contribution in [1.29, 1.82) is 0 Å². The molecule has 0 spiro atoms. The van der Waals surface area contributed by atoms with Gasteiger partial charge in [0.05, 0.1) is 12.8 Å². The van der Waals surface area contributed by atoms with Gasteiger partial charge < -0.3 is 20.2 Å². The Kier molecular flexibility index (Phi) is 6.98. The van der Waals surface area contributed by atoms with Gasteiger partial charge in [-0.2, -0.15) is 0 Å². The predicted molar refractivity (Wildman–Crippen MR) is 107 cm³/mol. The number of rotatable bonds is 8. The third kappa shape index (κ3) is 5.37. The van der Waals surface area contributed by atoms with E-state index in [0.717, 1.165) is 36.8 Å². The maximum Gasteiger partial charge on any atom is 0.191 e. The number of nitrogens with one attached hydrogen (secondary N) is 2. The molecule has 0 amide bonds. The Bertz CT molecular complexity index is 510. The van der Waals surface area contributed by atoms with Crippen LogP contribution in [-0.2, 0) is 5.60 Å². The van der Waals surface area contributed by atoms with E-state index in [-0.39, 0.29) is 30.5 Å². The lowest BCUT2D eigenvalue weighted by atomic mass is 9.98. The second kappa shape index (κ2) is 8.56. The predicted octanol–water partition coefficient (Wildman–Crippen LogP) is 3.10. The van der Waals surface area contributed by atoms with Crippen molar-refractivity contribution in [2.75, 3.05) is 19.6 Å². The molecule has 3 N–H and O–H groups in total. The Hall–Kier alpha value is -0.760. The molecule has 2 saturated carbocycles. The first-order chi connectivity index (χ1) is 11.1. The molecule has 24 heavy (non-hydrogen) atoms. The van der Waals surface area contributed by atoms with Gasteiger partial charge in [-0.1, -0.05) is 0 Å². The summed E-state index contributed by atoms with van der Waals surface area (Å²) in [6.07, 6.45) is 7.15. The Morgan fingerprint density at radius 3 is 2.50 bits per heavy atom.